The Morgan fingerprint density at radius 3 is 2.88 bits per heavy atom. The van der Waals surface area contributed by atoms with Gasteiger partial charge in [-0.05, 0) is 42.6 Å². The topological polar surface area (TPSA) is 103 Å². The van der Waals surface area contributed by atoms with Crippen LogP contribution in [0.4, 0.5) is 5.82 Å². The summed E-state index contributed by atoms with van der Waals surface area (Å²) in [6.45, 7) is 4.58. The third-order valence-electron chi connectivity index (χ3n) is 5.13. The minimum absolute atomic E-state index is 0.326. The van der Waals surface area contributed by atoms with Crippen LogP contribution in [0.3, 0.4) is 0 Å². The summed E-state index contributed by atoms with van der Waals surface area (Å²) in [5.74, 6) is 1.55. The van der Waals surface area contributed by atoms with Crippen LogP contribution in [-0.4, -0.2) is 39.2 Å². The zero-order valence-electron chi connectivity index (χ0n) is 18.2. The molecule has 0 saturated heterocycles. The molecule has 2 aromatic carbocycles. The lowest BCUT2D eigenvalue weighted by atomic mass is 10.1. The van der Waals surface area contributed by atoms with Gasteiger partial charge in [-0.1, -0.05) is 17.3 Å². The van der Waals surface area contributed by atoms with E-state index < -0.39 is 0 Å². The maximum atomic E-state index is 12.0. The van der Waals surface area contributed by atoms with E-state index in [0.29, 0.717) is 30.4 Å². The molecule has 9 heteroatoms. The third-order valence-corrected chi connectivity index (χ3v) is 6.22. The largest absolute Gasteiger partial charge is 0.462 e. The molecule has 0 radical (unpaired) electrons. The first-order valence-corrected chi connectivity index (χ1v) is 11.4. The Morgan fingerprint density at radius 1 is 1.15 bits per heavy atom. The number of rotatable bonds is 7. The number of hydrogen-bond donors (Lipinski definition) is 1. The summed E-state index contributed by atoms with van der Waals surface area (Å²) in [6.07, 6.45) is 2.52. The number of anilines is 1. The molecule has 0 unspecified atom stereocenters. The zero-order valence-corrected chi connectivity index (χ0v) is 19.0. The van der Waals surface area contributed by atoms with E-state index in [0.717, 1.165) is 43.8 Å². The van der Waals surface area contributed by atoms with Crippen LogP contribution in [0, 0.1) is 6.92 Å². The highest BCUT2D eigenvalue weighted by molar-refractivity contribution is 7.18. The fourth-order valence-electron chi connectivity index (χ4n) is 3.58. The normalized spacial score (nSPS) is 11.2. The first kappa shape index (κ1) is 21.0. The summed E-state index contributed by atoms with van der Waals surface area (Å²) in [5.41, 5.74) is 2.20. The maximum absolute atomic E-state index is 12.0. The van der Waals surface area contributed by atoms with Gasteiger partial charge in [0, 0.05) is 37.0 Å². The van der Waals surface area contributed by atoms with Crippen molar-refractivity contribution in [2.45, 2.75) is 20.3 Å². The van der Waals surface area contributed by atoms with Gasteiger partial charge in [-0.2, -0.15) is 4.98 Å². The van der Waals surface area contributed by atoms with Crippen molar-refractivity contribution in [3.63, 3.8) is 0 Å². The van der Waals surface area contributed by atoms with Gasteiger partial charge in [0.25, 0.3) is 0 Å². The molecule has 3 heterocycles. The van der Waals surface area contributed by atoms with Gasteiger partial charge in [-0.15, -0.1) is 11.3 Å². The molecule has 3 aromatic heterocycles. The fourth-order valence-corrected chi connectivity index (χ4v) is 4.52. The average Bonchev–Trinajstić information content (AvgIpc) is 3.44. The lowest BCUT2D eigenvalue weighted by Gasteiger charge is -2.09. The molecule has 0 amide bonds. The van der Waals surface area contributed by atoms with Crippen LogP contribution in [0.1, 0.15) is 28.2 Å². The molecule has 33 heavy (non-hydrogen) atoms. The van der Waals surface area contributed by atoms with Gasteiger partial charge >= 0.3 is 5.97 Å². The molecule has 5 aromatic rings. The monoisotopic (exact) mass is 459 g/mol. The molecule has 0 saturated carbocycles. The van der Waals surface area contributed by atoms with Crippen molar-refractivity contribution < 1.29 is 14.1 Å². The van der Waals surface area contributed by atoms with Crippen molar-refractivity contribution in [1.82, 2.24) is 20.1 Å². The van der Waals surface area contributed by atoms with Crippen molar-refractivity contribution in [2.24, 2.45) is 0 Å². The molecular weight excluding hydrogens is 438 g/mol. The molecule has 8 nitrogen and oxygen atoms in total. The maximum Gasteiger partial charge on any atom is 0.338 e. The van der Waals surface area contributed by atoms with Crippen LogP contribution in [0.2, 0.25) is 0 Å². The molecule has 0 aliphatic carbocycles. The molecule has 1 N–H and O–H groups in total. The van der Waals surface area contributed by atoms with Gasteiger partial charge in [0.2, 0.25) is 11.7 Å². The van der Waals surface area contributed by atoms with Gasteiger partial charge in [-0.25, -0.2) is 14.8 Å². The van der Waals surface area contributed by atoms with Gasteiger partial charge in [0.1, 0.15) is 5.82 Å². The molecule has 0 aliphatic rings. The molecule has 0 aliphatic heterocycles. The van der Waals surface area contributed by atoms with Crippen LogP contribution in [0.5, 0.6) is 0 Å². The standard InChI is InChI=1S/C24H21N5O3S/c1-3-31-24(30)17-6-7-20-19(13-17)28-21(33-20)9-11-26-23-18-12-16(22-27-14(2)32-29-22)5-4-15(18)8-10-25-23/h4-8,10,12-13H,3,9,11H2,1-2H3,(H,25,26). The summed E-state index contributed by atoms with van der Waals surface area (Å²) < 4.78 is 11.2. The Kier molecular flexibility index (Phi) is 5.70. The van der Waals surface area contributed by atoms with E-state index in [1.165, 1.54) is 0 Å². The second-order valence-electron chi connectivity index (χ2n) is 7.42. The van der Waals surface area contributed by atoms with E-state index in [-0.39, 0.29) is 5.97 Å². The molecule has 0 atom stereocenters. The highest BCUT2D eigenvalue weighted by atomic mass is 32.1. The van der Waals surface area contributed by atoms with Crippen LogP contribution < -0.4 is 5.32 Å². The smallest absolute Gasteiger partial charge is 0.338 e. The number of aryl methyl sites for hydroxylation is 1. The number of nitrogens with one attached hydrogen (secondary N) is 1. The first-order chi connectivity index (χ1) is 16.1. The summed E-state index contributed by atoms with van der Waals surface area (Å²) in [7, 11) is 0. The van der Waals surface area contributed by atoms with Crippen LogP contribution in [0.25, 0.3) is 32.4 Å². The predicted octanol–water partition coefficient (Wildman–Crippen LogP) is 5.03. The number of pyridine rings is 1. The third kappa shape index (κ3) is 4.40. The first-order valence-electron chi connectivity index (χ1n) is 10.6. The number of carbonyl (C=O) groups excluding carboxylic acids is 1. The number of hydrogen-bond acceptors (Lipinski definition) is 9. The second kappa shape index (κ2) is 8.95. The van der Waals surface area contributed by atoms with Crippen LogP contribution in [-0.2, 0) is 11.2 Å². The molecule has 0 bridgehead atoms. The minimum Gasteiger partial charge on any atom is -0.462 e. The summed E-state index contributed by atoms with van der Waals surface area (Å²) in [4.78, 5) is 25.5. The van der Waals surface area contributed by atoms with Crippen LogP contribution >= 0.6 is 11.3 Å². The van der Waals surface area contributed by atoms with E-state index in [1.54, 1.807) is 43.5 Å². The fraction of sp³-hybridized carbons (Fsp3) is 0.208. The van der Waals surface area contributed by atoms with Crippen LogP contribution in [0.15, 0.2) is 53.2 Å². The molecule has 166 valence electrons. The summed E-state index contributed by atoms with van der Waals surface area (Å²) in [6, 6.07) is 13.5. The second-order valence-corrected chi connectivity index (χ2v) is 8.54. The van der Waals surface area contributed by atoms with E-state index in [9.17, 15) is 4.79 Å². The van der Waals surface area contributed by atoms with Gasteiger partial charge in [0.15, 0.2) is 0 Å². The molecule has 0 fully saturated rings. The average molecular weight is 460 g/mol. The molecule has 0 spiro atoms. The highest BCUT2D eigenvalue weighted by Gasteiger charge is 2.12. The van der Waals surface area contributed by atoms with Gasteiger partial charge in [-0.3, -0.25) is 0 Å². The number of aromatic nitrogens is 4. The predicted molar refractivity (Wildman–Crippen MR) is 128 cm³/mol. The van der Waals surface area contributed by atoms with Crippen molar-refractivity contribution in [2.75, 3.05) is 18.5 Å². The molecular formula is C24H21N5O3S. The van der Waals surface area contributed by atoms with E-state index >= 15 is 0 Å². The van der Waals surface area contributed by atoms with Crippen molar-refractivity contribution in [3.8, 4) is 11.4 Å². The number of benzene rings is 2. The van der Waals surface area contributed by atoms with E-state index in [1.807, 2.05) is 30.3 Å². The van der Waals surface area contributed by atoms with Crippen molar-refractivity contribution in [1.29, 1.82) is 0 Å². The van der Waals surface area contributed by atoms with Gasteiger partial charge < -0.3 is 14.6 Å². The number of ether oxygens (including phenoxy) is 1. The highest BCUT2D eigenvalue weighted by Crippen LogP contribution is 2.27. The number of nitrogens with zero attached hydrogens (tertiary/aromatic N) is 4. The quantitative estimate of drug-likeness (QED) is 0.338. The van der Waals surface area contributed by atoms with E-state index in [2.05, 4.69) is 25.4 Å². The summed E-state index contributed by atoms with van der Waals surface area (Å²) in [5, 5.41) is 10.5. The SMILES string of the molecule is CCOC(=O)c1ccc2sc(CCNc3nccc4ccc(-c5noc(C)n5)cc34)nc2c1. The van der Waals surface area contributed by atoms with Crippen molar-refractivity contribution >= 4 is 44.1 Å². The van der Waals surface area contributed by atoms with E-state index in [4.69, 9.17) is 9.26 Å². The Labute approximate surface area is 193 Å². The number of fused-ring (bicyclic) bond motifs is 2. The lowest BCUT2D eigenvalue weighted by molar-refractivity contribution is 0.0526. The van der Waals surface area contributed by atoms with Gasteiger partial charge in [0.05, 0.1) is 27.4 Å². The Morgan fingerprint density at radius 2 is 2.06 bits per heavy atom. The Bertz CT molecular complexity index is 1460. The van der Waals surface area contributed by atoms with Crippen molar-refractivity contribution in [3.05, 3.63) is 65.1 Å². The number of thiazole rings is 1. The zero-order chi connectivity index (χ0) is 22.8. The lowest BCUT2D eigenvalue weighted by Crippen LogP contribution is -2.06. The Hall–Kier alpha value is -3.85. The number of carbonyl (C=O) groups is 1. The molecule has 5 rings (SSSR count). The summed E-state index contributed by atoms with van der Waals surface area (Å²) >= 11 is 1.62. The minimum atomic E-state index is -0.326. The Balaban J connectivity index is 1.32. The number of esters is 1.